The molecule has 5 aromatic rings. The molecule has 0 saturated carbocycles. The number of benzene rings is 1. The molecule has 1 amide bonds. The molecule has 0 spiro atoms. The van der Waals surface area contributed by atoms with Gasteiger partial charge in [-0.05, 0) is 36.4 Å². The maximum absolute atomic E-state index is 13.4. The fraction of sp³-hybridized carbons (Fsp3) is 0. The maximum atomic E-state index is 13.4. The third kappa shape index (κ3) is 4.41. The third-order valence-corrected chi connectivity index (χ3v) is 6.35. The molecular weight excluding hydrogens is 520 g/mol. The van der Waals surface area contributed by atoms with Crippen molar-refractivity contribution in [3.63, 3.8) is 0 Å². The highest BCUT2D eigenvalue weighted by Gasteiger charge is 2.21. The van der Waals surface area contributed by atoms with Crippen LogP contribution >= 0.6 is 34.5 Å². The van der Waals surface area contributed by atoms with E-state index in [-0.39, 0.29) is 27.2 Å². The van der Waals surface area contributed by atoms with Crippen LogP contribution < -0.4 is 5.32 Å². The van der Waals surface area contributed by atoms with Crippen LogP contribution in [0.25, 0.3) is 28.1 Å². The minimum atomic E-state index is -0.680. The fourth-order valence-corrected chi connectivity index (χ4v) is 4.39. The van der Waals surface area contributed by atoms with Crippen molar-refractivity contribution in [1.82, 2.24) is 24.7 Å². The number of aromatic nitrogens is 5. The lowest BCUT2D eigenvalue weighted by molar-refractivity contribution is -0.380. The van der Waals surface area contributed by atoms with Crippen molar-refractivity contribution in [2.24, 2.45) is 0 Å². The quantitative estimate of drug-likeness (QED) is 0.179. The number of halogens is 3. The van der Waals surface area contributed by atoms with E-state index in [1.807, 2.05) is 0 Å². The minimum absolute atomic E-state index is 0.0896. The van der Waals surface area contributed by atoms with Crippen molar-refractivity contribution < 1.29 is 14.1 Å². The molecule has 4 aromatic heterocycles. The van der Waals surface area contributed by atoms with Crippen LogP contribution in [-0.4, -0.2) is 35.6 Å². The molecule has 1 aromatic carbocycles. The van der Waals surface area contributed by atoms with Gasteiger partial charge in [0.1, 0.15) is 5.82 Å². The Morgan fingerprint density at radius 1 is 1.11 bits per heavy atom. The fourth-order valence-electron chi connectivity index (χ4n) is 3.19. The van der Waals surface area contributed by atoms with Gasteiger partial charge in [0.2, 0.25) is 5.95 Å². The Morgan fingerprint density at radius 3 is 2.63 bits per heavy atom. The lowest BCUT2D eigenvalue weighted by atomic mass is 10.2. The Kier molecular flexibility index (Phi) is 5.84. The van der Waals surface area contributed by atoms with Gasteiger partial charge >= 0.3 is 5.00 Å². The zero-order valence-corrected chi connectivity index (χ0v) is 19.5. The summed E-state index contributed by atoms with van der Waals surface area (Å²) in [6.07, 6.45) is 2.69. The summed E-state index contributed by atoms with van der Waals surface area (Å²) in [6, 6.07) is 10.0. The van der Waals surface area contributed by atoms with Gasteiger partial charge in [0.25, 0.3) is 5.91 Å². The molecule has 14 heteroatoms. The molecule has 35 heavy (non-hydrogen) atoms. The van der Waals surface area contributed by atoms with Crippen LogP contribution in [0.5, 0.6) is 0 Å². The molecular formula is C21H10Cl2FN7O3S. The summed E-state index contributed by atoms with van der Waals surface area (Å²) in [6.45, 7) is 0. The number of carbonyl (C=O) groups is 1. The van der Waals surface area contributed by atoms with Gasteiger partial charge in [0.15, 0.2) is 11.5 Å². The Hall–Kier alpha value is -4.00. The standard InChI is InChI=1S/C21H10Cl2FN7O3S/c22-11-2-3-14(13(23)7-11)30-20-12(9-26-30)19(27-18(28-20)10-1-5-16(24)25-8-10)29-21(32)15-4-6-17(35-15)31(33)34/h1-9H,(H,27,28,29,32). The first-order valence-electron chi connectivity index (χ1n) is 9.69. The number of thiophene rings is 1. The molecule has 1 N–H and O–H groups in total. The average Bonchev–Trinajstić information content (AvgIpc) is 3.48. The molecule has 174 valence electrons. The first kappa shape index (κ1) is 22.8. The molecule has 4 heterocycles. The van der Waals surface area contributed by atoms with Crippen LogP contribution in [0.4, 0.5) is 15.2 Å². The van der Waals surface area contributed by atoms with Gasteiger partial charge in [-0.2, -0.15) is 9.49 Å². The predicted octanol–water partition coefficient (Wildman–Crippen LogP) is 5.55. The van der Waals surface area contributed by atoms with Gasteiger partial charge in [-0.25, -0.2) is 19.6 Å². The lowest BCUT2D eigenvalue weighted by Crippen LogP contribution is -2.13. The third-order valence-electron chi connectivity index (χ3n) is 4.78. The molecule has 0 atom stereocenters. The number of pyridine rings is 1. The van der Waals surface area contributed by atoms with Crippen molar-refractivity contribution in [2.45, 2.75) is 0 Å². The van der Waals surface area contributed by atoms with Crippen molar-refractivity contribution in [3.8, 4) is 17.1 Å². The summed E-state index contributed by atoms with van der Waals surface area (Å²) in [7, 11) is 0. The van der Waals surface area contributed by atoms with Crippen LogP contribution in [0.3, 0.4) is 0 Å². The molecule has 0 bridgehead atoms. The molecule has 0 saturated heterocycles. The Balaban J connectivity index is 1.65. The Bertz CT molecular complexity index is 1620. The molecule has 0 radical (unpaired) electrons. The summed E-state index contributed by atoms with van der Waals surface area (Å²) in [5.41, 5.74) is 1.14. The van der Waals surface area contributed by atoms with Crippen molar-refractivity contribution in [1.29, 1.82) is 0 Å². The van der Waals surface area contributed by atoms with Crippen LogP contribution in [0.1, 0.15) is 9.67 Å². The van der Waals surface area contributed by atoms with Crippen LogP contribution in [0, 0.1) is 16.1 Å². The van der Waals surface area contributed by atoms with E-state index < -0.39 is 16.8 Å². The number of nitrogens with one attached hydrogen (secondary N) is 1. The second-order valence-electron chi connectivity index (χ2n) is 7.00. The number of hydrogen-bond acceptors (Lipinski definition) is 8. The van der Waals surface area contributed by atoms with Gasteiger partial charge in [-0.3, -0.25) is 14.9 Å². The smallest absolute Gasteiger partial charge is 0.305 e. The zero-order chi connectivity index (χ0) is 24.7. The number of nitrogens with zero attached hydrogens (tertiary/aromatic N) is 6. The van der Waals surface area contributed by atoms with Gasteiger partial charge < -0.3 is 5.32 Å². The highest BCUT2D eigenvalue weighted by molar-refractivity contribution is 7.17. The Morgan fingerprint density at radius 2 is 1.94 bits per heavy atom. The van der Waals surface area contributed by atoms with Gasteiger partial charge in [-0.15, -0.1) is 0 Å². The monoisotopic (exact) mass is 529 g/mol. The van der Waals surface area contributed by atoms with Gasteiger partial charge in [0, 0.05) is 22.8 Å². The minimum Gasteiger partial charge on any atom is -0.305 e. The SMILES string of the molecule is O=C(Nc1nc(-c2ccc(F)nc2)nc2c1cnn2-c1ccc(Cl)cc1Cl)c1ccc([N+](=O)[O-])s1. The molecule has 5 rings (SSSR count). The van der Waals surface area contributed by atoms with Crippen molar-refractivity contribution in [3.05, 3.63) is 85.8 Å². The summed E-state index contributed by atoms with van der Waals surface area (Å²) >= 11 is 13.1. The van der Waals surface area contributed by atoms with E-state index in [0.29, 0.717) is 26.7 Å². The number of amides is 1. The zero-order valence-electron chi connectivity index (χ0n) is 17.1. The largest absolute Gasteiger partial charge is 0.324 e. The van der Waals surface area contributed by atoms with Crippen molar-refractivity contribution >= 4 is 62.3 Å². The van der Waals surface area contributed by atoms with E-state index in [4.69, 9.17) is 23.2 Å². The first-order chi connectivity index (χ1) is 16.8. The number of anilines is 1. The van der Waals surface area contributed by atoms with Crippen LogP contribution in [0.2, 0.25) is 10.0 Å². The molecule has 0 fully saturated rings. The normalized spacial score (nSPS) is 11.1. The lowest BCUT2D eigenvalue weighted by Gasteiger charge is -2.10. The summed E-state index contributed by atoms with van der Waals surface area (Å²) in [5, 5.41) is 18.9. The number of hydrogen-bond donors (Lipinski definition) is 1. The first-order valence-corrected chi connectivity index (χ1v) is 11.3. The second kappa shape index (κ2) is 8.98. The van der Waals surface area contributed by atoms with Gasteiger partial charge in [0.05, 0.1) is 32.1 Å². The number of rotatable bonds is 5. The summed E-state index contributed by atoms with van der Waals surface area (Å²) in [5.74, 6) is -1.07. The number of carbonyl (C=O) groups excluding carboxylic acids is 1. The molecule has 0 unspecified atom stereocenters. The predicted molar refractivity (Wildman–Crippen MR) is 129 cm³/mol. The van der Waals surface area contributed by atoms with Gasteiger partial charge in [-0.1, -0.05) is 34.5 Å². The van der Waals surface area contributed by atoms with E-state index >= 15 is 0 Å². The number of nitro groups is 1. The number of fused-ring (bicyclic) bond motifs is 1. The van der Waals surface area contributed by atoms with E-state index in [0.717, 1.165) is 17.4 Å². The van der Waals surface area contributed by atoms with E-state index in [2.05, 4.69) is 25.4 Å². The summed E-state index contributed by atoms with van der Waals surface area (Å²) in [4.78, 5) is 35.9. The van der Waals surface area contributed by atoms with Crippen LogP contribution in [-0.2, 0) is 0 Å². The summed E-state index contributed by atoms with van der Waals surface area (Å²) < 4.78 is 14.8. The molecule has 0 aliphatic heterocycles. The Labute approximate surface area is 209 Å². The van der Waals surface area contributed by atoms with Crippen LogP contribution in [0.15, 0.2) is 54.9 Å². The molecule has 0 aliphatic rings. The average molecular weight is 530 g/mol. The topological polar surface area (TPSA) is 129 Å². The second-order valence-corrected chi connectivity index (χ2v) is 8.91. The van der Waals surface area contributed by atoms with Crippen molar-refractivity contribution in [2.75, 3.05) is 5.32 Å². The highest BCUT2D eigenvalue weighted by Crippen LogP contribution is 2.31. The maximum Gasteiger partial charge on any atom is 0.324 e. The van der Waals surface area contributed by atoms with E-state index in [9.17, 15) is 19.3 Å². The molecule has 0 aliphatic carbocycles. The van der Waals surface area contributed by atoms with E-state index in [1.54, 1.807) is 18.2 Å². The highest BCUT2D eigenvalue weighted by atomic mass is 35.5. The molecule has 10 nitrogen and oxygen atoms in total. The van der Waals surface area contributed by atoms with E-state index in [1.165, 1.54) is 35.3 Å².